The average molecular weight is 407 g/mol. The predicted octanol–water partition coefficient (Wildman–Crippen LogP) is 4.02. The van der Waals surface area contributed by atoms with Crippen LogP contribution in [0.3, 0.4) is 0 Å². The van der Waals surface area contributed by atoms with E-state index in [9.17, 15) is 9.59 Å². The van der Waals surface area contributed by atoms with E-state index in [2.05, 4.69) is 22.3 Å². The van der Waals surface area contributed by atoms with Gasteiger partial charge in [0.15, 0.2) is 6.61 Å². The van der Waals surface area contributed by atoms with E-state index in [0.717, 1.165) is 38.9 Å². The largest absolute Gasteiger partial charge is 0.452 e. The van der Waals surface area contributed by atoms with Crippen molar-refractivity contribution in [3.05, 3.63) is 70.8 Å². The van der Waals surface area contributed by atoms with E-state index >= 15 is 0 Å². The highest BCUT2D eigenvalue weighted by Crippen LogP contribution is 2.29. The first kappa shape index (κ1) is 20.6. The van der Waals surface area contributed by atoms with Crippen LogP contribution in [-0.4, -0.2) is 36.5 Å². The molecule has 158 valence electrons. The molecule has 5 heteroatoms. The first-order valence-electron chi connectivity index (χ1n) is 11.0. The van der Waals surface area contributed by atoms with Crippen molar-refractivity contribution in [3.63, 3.8) is 0 Å². The van der Waals surface area contributed by atoms with Gasteiger partial charge < -0.3 is 10.1 Å². The molecule has 5 nitrogen and oxygen atoms in total. The Morgan fingerprint density at radius 3 is 2.53 bits per heavy atom. The molecule has 1 atom stereocenters. The fourth-order valence-electron chi connectivity index (χ4n) is 4.48. The molecule has 1 amide bonds. The number of hydrogen-bond acceptors (Lipinski definition) is 4. The molecule has 1 heterocycles. The number of likely N-dealkylation sites (tertiary alicyclic amines) is 1. The molecule has 30 heavy (non-hydrogen) atoms. The number of aryl methyl sites for hydroxylation is 1. The van der Waals surface area contributed by atoms with Gasteiger partial charge in [0.05, 0.1) is 11.6 Å². The van der Waals surface area contributed by atoms with Crippen LogP contribution in [0.4, 0.5) is 0 Å². The molecule has 0 saturated carbocycles. The van der Waals surface area contributed by atoms with E-state index in [0.29, 0.717) is 5.56 Å². The Hall–Kier alpha value is -2.66. The second-order valence-electron chi connectivity index (χ2n) is 8.32. The minimum Gasteiger partial charge on any atom is -0.452 e. The Balaban J connectivity index is 1.26. The van der Waals surface area contributed by atoms with Crippen LogP contribution in [0.1, 0.15) is 65.2 Å². The van der Waals surface area contributed by atoms with Gasteiger partial charge in [-0.1, -0.05) is 42.8 Å². The number of esters is 1. The summed E-state index contributed by atoms with van der Waals surface area (Å²) in [5, 5.41) is 3.01. The van der Waals surface area contributed by atoms with Crippen LogP contribution < -0.4 is 5.32 Å². The third-order valence-corrected chi connectivity index (χ3v) is 6.08. The van der Waals surface area contributed by atoms with Crippen molar-refractivity contribution in [3.8, 4) is 0 Å². The van der Waals surface area contributed by atoms with Crippen LogP contribution in [0, 0.1) is 0 Å². The molecule has 1 N–H and O–H groups in total. The van der Waals surface area contributed by atoms with Crippen LogP contribution in [0.25, 0.3) is 0 Å². The molecule has 0 spiro atoms. The van der Waals surface area contributed by atoms with Gasteiger partial charge in [0, 0.05) is 6.54 Å². The highest BCUT2D eigenvalue weighted by molar-refractivity contribution is 5.91. The fraction of sp³-hybridized carbons (Fsp3) is 0.440. The summed E-state index contributed by atoms with van der Waals surface area (Å²) < 4.78 is 5.25. The smallest absolute Gasteiger partial charge is 0.338 e. The van der Waals surface area contributed by atoms with Crippen LogP contribution in [0.15, 0.2) is 48.5 Å². The van der Waals surface area contributed by atoms with Gasteiger partial charge in [0.2, 0.25) is 0 Å². The van der Waals surface area contributed by atoms with E-state index in [1.807, 2.05) is 24.3 Å². The summed E-state index contributed by atoms with van der Waals surface area (Å²) in [7, 11) is 0. The third-order valence-electron chi connectivity index (χ3n) is 6.08. The first-order chi connectivity index (χ1) is 14.7. The molecule has 1 fully saturated rings. The van der Waals surface area contributed by atoms with Crippen molar-refractivity contribution in [2.24, 2.45) is 0 Å². The number of nitrogens with zero attached hydrogens (tertiary/aromatic N) is 1. The summed E-state index contributed by atoms with van der Waals surface area (Å²) in [5.41, 5.74) is 4.14. The molecule has 2 aliphatic rings. The van der Waals surface area contributed by atoms with Gasteiger partial charge in [0.25, 0.3) is 5.91 Å². The highest BCUT2D eigenvalue weighted by Gasteiger charge is 2.22. The molecule has 2 aromatic rings. The van der Waals surface area contributed by atoms with Crippen molar-refractivity contribution < 1.29 is 14.3 Å². The Kier molecular flexibility index (Phi) is 6.80. The lowest BCUT2D eigenvalue weighted by atomic mass is 9.88. The predicted molar refractivity (Wildman–Crippen MR) is 116 cm³/mol. The summed E-state index contributed by atoms with van der Waals surface area (Å²) in [6, 6.07) is 15.7. The van der Waals surface area contributed by atoms with Gasteiger partial charge in [-0.15, -0.1) is 0 Å². The number of fused-ring (bicyclic) bond motifs is 1. The molecule has 2 aromatic carbocycles. The van der Waals surface area contributed by atoms with E-state index in [1.165, 1.54) is 36.0 Å². The monoisotopic (exact) mass is 406 g/mol. The molecule has 0 bridgehead atoms. The molecule has 1 unspecified atom stereocenters. The van der Waals surface area contributed by atoms with E-state index in [-0.39, 0.29) is 18.6 Å². The number of ether oxygens (including phenoxy) is 1. The SMILES string of the molecule is O=C(COC(=O)c1ccc(CN2CCCCC2)cc1)NC1CCCc2ccccc21. The maximum atomic E-state index is 12.3. The Labute approximate surface area is 178 Å². The maximum absolute atomic E-state index is 12.3. The van der Waals surface area contributed by atoms with Crippen molar-refractivity contribution in [2.45, 2.75) is 51.1 Å². The number of benzene rings is 2. The summed E-state index contributed by atoms with van der Waals surface area (Å²) in [4.78, 5) is 27.1. The van der Waals surface area contributed by atoms with Crippen LogP contribution in [0.5, 0.6) is 0 Å². The van der Waals surface area contributed by atoms with E-state index < -0.39 is 5.97 Å². The van der Waals surface area contributed by atoms with E-state index in [1.54, 1.807) is 12.1 Å². The standard InChI is InChI=1S/C25H30N2O3/c28-24(26-23-10-6-8-20-7-2-3-9-22(20)23)18-30-25(29)21-13-11-19(12-14-21)17-27-15-4-1-5-16-27/h2-3,7,9,11-14,23H,1,4-6,8,10,15-18H2,(H,26,28). The molecule has 1 aliphatic carbocycles. The second-order valence-corrected chi connectivity index (χ2v) is 8.32. The average Bonchev–Trinajstić information content (AvgIpc) is 2.79. The van der Waals surface area contributed by atoms with Gasteiger partial charge >= 0.3 is 5.97 Å². The summed E-state index contributed by atoms with van der Waals surface area (Å²) in [6.07, 6.45) is 6.85. The van der Waals surface area contributed by atoms with Gasteiger partial charge in [-0.05, 0) is 74.0 Å². The number of nitrogens with one attached hydrogen (secondary N) is 1. The second kappa shape index (κ2) is 9.90. The quantitative estimate of drug-likeness (QED) is 0.736. The summed E-state index contributed by atoms with van der Waals surface area (Å²) in [6.45, 7) is 2.95. The fourth-order valence-corrected chi connectivity index (χ4v) is 4.48. The van der Waals surface area contributed by atoms with Crippen LogP contribution in [-0.2, 0) is 22.5 Å². The Morgan fingerprint density at radius 2 is 1.73 bits per heavy atom. The zero-order valence-electron chi connectivity index (χ0n) is 17.4. The minimum absolute atomic E-state index is 0.00442. The van der Waals surface area contributed by atoms with Crippen molar-refractivity contribution in [2.75, 3.05) is 19.7 Å². The van der Waals surface area contributed by atoms with Crippen molar-refractivity contribution in [1.82, 2.24) is 10.2 Å². The number of rotatable bonds is 6. The molecule has 0 radical (unpaired) electrons. The van der Waals surface area contributed by atoms with E-state index in [4.69, 9.17) is 4.74 Å². The highest BCUT2D eigenvalue weighted by atomic mass is 16.5. The molecule has 4 rings (SSSR count). The number of piperidine rings is 1. The Bertz CT molecular complexity index is 872. The van der Waals surface area contributed by atoms with Crippen LogP contribution >= 0.6 is 0 Å². The first-order valence-corrected chi connectivity index (χ1v) is 11.0. The van der Waals surface area contributed by atoms with Gasteiger partial charge in [0.1, 0.15) is 0 Å². The lowest BCUT2D eigenvalue weighted by Gasteiger charge is -2.26. The van der Waals surface area contributed by atoms with Crippen molar-refractivity contribution >= 4 is 11.9 Å². The van der Waals surface area contributed by atoms with Crippen LogP contribution in [0.2, 0.25) is 0 Å². The van der Waals surface area contributed by atoms with Gasteiger partial charge in [-0.25, -0.2) is 4.79 Å². The third kappa shape index (κ3) is 5.28. The number of carbonyl (C=O) groups excluding carboxylic acids is 2. The topological polar surface area (TPSA) is 58.6 Å². The number of hydrogen-bond donors (Lipinski definition) is 1. The molecule has 1 aliphatic heterocycles. The number of carbonyl (C=O) groups is 2. The Morgan fingerprint density at radius 1 is 0.967 bits per heavy atom. The van der Waals surface area contributed by atoms with Gasteiger partial charge in [-0.2, -0.15) is 0 Å². The normalized spacial score (nSPS) is 19.0. The zero-order valence-corrected chi connectivity index (χ0v) is 17.4. The molecular weight excluding hydrogens is 376 g/mol. The zero-order chi connectivity index (χ0) is 20.8. The number of amides is 1. The molecular formula is C25H30N2O3. The minimum atomic E-state index is -0.460. The summed E-state index contributed by atoms with van der Waals surface area (Å²) >= 11 is 0. The molecule has 0 aromatic heterocycles. The maximum Gasteiger partial charge on any atom is 0.338 e. The lowest BCUT2D eigenvalue weighted by Crippen LogP contribution is -2.34. The lowest BCUT2D eigenvalue weighted by molar-refractivity contribution is -0.125. The summed E-state index contributed by atoms with van der Waals surface area (Å²) in [5.74, 6) is -0.717. The molecule has 1 saturated heterocycles. The van der Waals surface area contributed by atoms with Crippen molar-refractivity contribution in [1.29, 1.82) is 0 Å². The van der Waals surface area contributed by atoms with Gasteiger partial charge in [-0.3, -0.25) is 9.69 Å².